The van der Waals surface area contributed by atoms with E-state index in [1.165, 1.54) is 16.8 Å². The van der Waals surface area contributed by atoms with Gasteiger partial charge in [0.15, 0.2) is 0 Å². The van der Waals surface area contributed by atoms with Crippen LogP contribution in [0.2, 0.25) is 0 Å². The Labute approximate surface area is 124 Å². The first-order chi connectivity index (χ1) is 8.70. The molecule has 0 saturated carbocycles. The number of halogens is 2. The van der Waals surface area contributed by atoms with Gasteiger partial charge in [-0.1, -0.05) is 37.9 Å². The van der Waals surface area contributed by atoms with Crippen molar-refractivity contribution in [2.45, 2.75) is 11.9 Å². The smallest absolute Gasteiger partial charge is 0.0441 e. The second kappa shape index (κ2) is 6.34. The number of nitrogens with zero attached hydrogens (tertiary/aromatic N) is 2. The summed E-state index contributed by atoms with van der Waals surface area (Å²) in [6.07, 6.45) is 3.70. The van der Waals surface area contributed by atoms with Crippen LogP contribution in [-0.2, 0) is 11.9 Å². The second-order valence-corrected chi connectivity index (χ2v) is 5.60. The van der Waals surface area contributed by atoms with E-state index in [1.54, 1.807) is 6.20 Å². The molecule has 0 unspecified atom stereocenters. The third-order valence-corrected chi connectivity index (χ3v) is 3.84. The van der Waals surface area contributed by atoms with E-state index in [9.17, 15) is 0 Å². The van der Waals surface area contributed by atoms with Crippen LogP contribution in [0, 0.1) is 0 Å². The molecule has 2 nitrogen and oxygen atoms in total. The first-order valence-corrected chi connectivity index (χ1v) is 7.56. The third-order valence-electron chi connectivity index (χ3n) is 2.74. The molecule has 1 aromatic carbocycles. The highest BCUT2D eigenvalue weighted by atomic mass is 79.9. The largest absolute Gasteiger partial charge is 0.370 e. The van der Waals surface area contributed by atoms with Gasteiger partial charge < -0.3 is 4.90 Å². The Morgan fingerprint density at radius 2 is 2.11 bits per heavy atom. The first-order valence-electron chi connectivity index (χ1n) is 5.65. The number of benzene rings is 1. The average Bonchev–Trinajstić information content (AvgIpc) is 2.39. The summed E-state index contributed by atoms with van der Waals surface area (Å²) in [6.45, 7) is 0.857. The molecule has 0 radical (unpaired) electrons. The first kappa shape index (κ1) is 13.6. The number of alkyl halides is 1. The number of rotatable bonds is 4. The minimum Gasteiger partial charge on any atom is -0.370 e. The molecule has 0 aliphatic heterocycles. The second-order valence-electron chi connectivity index (χ2n) is 4.12. The van der Waals surface area contributed by atoms with Gasteiger partial charge in [0.1, 0.15) is 0 Å². The quantitative estimate of drug-likeness (QED) is 0.743. The number of pyridine rings is 1. The Bertz CT molecular complexity index is 514. The highest BCUT2D eigenvalue weighted by Crippen LogP contribution is 2.26. The van der Waals surface area contributed by atoms with Gasteiger partial charge in [-0.3, -0.25) is 4.98 Å². The Hall–Kier alpha value is -0.870. The van der Waals surface area contributed by atoms with E-state index in [-0.39, 0.29) is 0 Å². The van der Waals surface area contributed by atoms with Crippen molar-refractivity contribution in [3.05, 3.63) is 58.3 Å². The standard InChI is InChI=1S/C14H14Br2N2/c1-18(10-11-3-2-6-17-9-11)14-5-4-13(16)7-12(14)8-15/h2-7,9H,8,10H2,1H3. The van der Waals surface area contributed by atoms with Gasteiger partial charge in [0.25, 0.3) is 0 Å². The molecule has 0 bridgehead atoms. The molecule has 0 N–H and O–H groups in total. The predicted octanol–water partition coefficient (Wildman–Crippen LogP) is 4.38. The van der Waals surface area contributed by atoms with Gasteiger partial charge in [0.2, 0.25) is 0 Å². The number of hydrogen-bond donors (Lipinski definition) is 0. The molecule has 0 atom stereocenters. The number of anilines is 1. The minimum absolute atomic E-state index is 0.846. The molecule has 0 amide bonds. The Balaban J connectivity index is 2.21. The number of hydrogen-bond acceptors (Lipinski definition) is 2. The molecule has 2 rings (SSSR count). The lowest BCUT2D eigenvalue weighted by Gasteiger charge is -2.22. The minimum atomic E-state index is 0.846. The molecule has 0 fully saturated rings. The van der Waals surface area contributed by atoms with Crippen LogP contribution < -0.4 is 4.90 Å². The van der Waals surface area contributed by atoms with E-state index in [4.69, 9.17) is 0 Å². The Morgan fingerprint density at radius 1 is 1.28 bits per heavy atom. The maximum Gasteiger partial charge on any atom is 0.0441 e. The van der Waals surface area contributed by atoms with Gasteiger partial charge >= 0.3 is 0 Å². The lowest BCUT2D eigenvalue weighted by molar-refractivity contribution is 0.909. The molecule has 0 aliphatic rings. The Morgan fingerprint density at radius 3 is 2.78 bits per heavy atom. The van der Waals surface area contributed by atoms with Gasteiger partial charge in [-0.05, 0) is 35.4 Å². The summed E-state index contributed by atoms with van der Waals surface area (Å²) in [4.78, 5) is 6.38. The SMILES string of the molecule is CN(Cc1cccnc1)c1ccc(Br)cc1CBr. The van der Waals surface area contributed by atoms with Crippen LogP contribution in [-0.4, -0.2) is 12.0 Å². The van der Waals surface area contributed by atoms with E-state index in [2.05, 4.69) is 73.1 Å². The fraction of sp³-hybridized carbons (Fsp3) is 0.214. The van der Waals surface area contributed by atoms with Crippen LogP contribution >= 0.6 is 31.9 Å². The zero-order valence-electron chi connectivity index (χ0n) is 10.1. The molecule has 0 aliphatic carbocycles. The average molecular weight is 370 g/mol. The van der Waals surface area contributed by atoms with Gasteiger partial charge in [-0.15, -0.1) is 0 Å². The maximum absolute atomic E-state index is 4.14. The summed E-state index contributed by atoms with van der Waals surface area (Å²) in [5, 5.41) is 0.846. The summed E-state index contributed by atoms with van der Waals surface area (Å²) < 4.78 is 1.11. The summed E-state index contributed by atoms with van der Waals surface area (Å²) in [6, 6.07) is 10.4. The van der Waals surface area contributed by atoms with E-state index in [0.29, 0.717) is 0 Å². The Kier molecular flexibility index (Phi) is 4.78. The van der Waals surface area contributed by atoms with E-state index in [1.807, 2.05) is 12.3 Å². The summed E-state index contributed by atoms with van der Waals surface area (Å²) in [5.41, 5.74) is 3.72. The molecular weight excluding hydrogens is 356 g/mol. The topological polar surface area (TPSA) is 16.1 Å². The van der Waals surface area contributed by atoms with E-state index < -0.39 is 0 Å². The van der Waals surface area contributed by atoms with Gasteiger partial charge in [0, 0.05) is 41.5 Å². The summed E-state index contributed by atoms with van der Waals surface area (Å²) >= 11 is 7.04. The molecule has 0 saturated heterocycles. The van der Waals surface area contributed by atoms with Crippen molar-refractivity contribution in [3.63, 3.8) is 0 Å². The lowest BCUT2D eigenvalue weighted by atomic mass is 10.1. The van der Waals surface area contributed by atoms with Crippen LogP contribution in [0.25, 0.3) is 0 Å². The zero-order valence-corrected chi connectivity index (χ0v) is 13.3. The molecule has 18 heavy (non-hydrogen) atoms. The summed E-state index contributed by atoms with van der Waals surface area (Å²) in [7, 11) is 2.10. The molecule has 2 aromatic rings. The van der Waals surface area contributed by atoms with Crippen molar-refractivity contribution in [2.75, 3.05) is 11.9 Å². The highest BCUT2D eigenvalue weighted by molar-refractivity contribution is 9.10. The van der Waals surface area contributed by atoms with Crippen LogP contribution in [0.15, 0.2) is 47.2 Å². The zero-order chi connectivity index (χ0) is 13.0. The fourth-order valence-corrected chi connectivity index (χ4v) is 2.74. The van der Waals surface area contributed by atoms with Crippen molar-refractivity contribution in [3.8, 4) is 0 Å². The lowest BCUT2D eigenvalue weighted by Crippen LogP contribution is -2.17. The van der Waals surface area contributed by atoms with Crippen molar-refractivity contribution in [1.82, 2.24) is 4.98 Å². The predicted molar refractivity (Wildman–Crippen MR) is 83.1 cm³/mol. The van der Waals surface area contributed by atoms with Crippen LogP contribution in [0.4, 0.5) is 5.69 Å². The van der Waals surface area contributed by atoms with Crippen molar-refractivity contribution in [1.29, 1.82) is 0 Å². The molecule has 1 heterocycles. The highest BCUT2D eigenvalue weighted by Gasteiger charge is 2.07. The van der Waals surface area contributed by atoms with Gasteiger partial charge in [-0.25, -0.2) is 0 Å². The van der Waals surface area contributed by atoms with Crippen molar-refractivity contribution in [2.24, 2.45) is 0 Å². The van der Waals surface area contributed by atoms with E-state index >= 15 is 0 Å². The van der Waals surface area contributed by atoms with E-state index in [0.717, 1.165) is 16.3 Å². The van der Waals surface area contributed by atoms with Gasteiger partial charge in [0.05, 0.1) is 0 Å². The third kappa shape index (κ3) is 3.33. The van der Waals surface area contributed by atoms with Crippen LogP contribution in [0.1, 0.15) is 11.1 Å². The molecule has 0 spiro atoms. The summed E-state index contributed by atoms with van der Waals surface area (Å²) in [5.74, 6) is 0. The molecular formula is C14H14Br2N2. The number of aromatic nitrogens is 1. The van der Waals surface area contributed by atoms with Crippen molar-refractivity contribution < 1.29 is 0 Å². The van der Waals surface area contributed by atoms with Crippen LogP contribution in [0.3, 0.4) is 0 Å². The molecule has 94 valence electrons. The molecule has 1 aromatic heterocycles. The molecule has 4 heteroatoms. The normalized spacial score (nSPS) is 10.4. The van der Waals surface area contributed by atoms with Crippen LogP contribution in [0.5, 0.6) is 0 Å². The maximum atomic E-state index is 4.14. The van der Waals surface area contributed by atoms with Gasteiger partial charge in [-0.2, -0.15) is 0 Å². The fourth-order valence-electron chi connectivity index (χ4n) is 1.88. The monoisotopic (exact) mass is 368 g/mol. The van der Waals surface area contributed by atoms with Crippen molar-refractivity contribution >= 4 is 37.5 Å².